The third kappa shape index (κ3) is 5.77. The van der Waals surface area contributed by atoms with E-state index in [1.165, 1.54) is 5.56 Å². The molecule has 20 heavy (non-hydrogen) atoms. The van der Waals surface area contributed by atoms with Gasteiger partial charge in [-0.1, -0.05) is 57.9 Å². The largest absolute Gasteiger partial charge is 0.465 e. The highest BCUT2D eigenvalue weighted by molar-refractivity contribution is 5.77. The molecule has 2 nitrogen and oxygen atoms in total. The van der Waals surface area contributed by atoms with Crippen LogP contribution in [0.1, 0.15) is 64.0 Å². The molecule has 0 radical (unpaired) electrons. The lowest BCUT2D eigenvalue weighted by Crippen LogP contribution is -2.14. The molecule has 0 aromatic heterocycles. The summed E-state index contributed by atoms with van der Waals surface area (Å²) in [5.74, 6) is 0.365. The molecule has 1 aromatic carbocycles. The van der Waals surface area contributed by atoms with Gasteiger partial charge in [0.05, 0.1) is 12.5 Å². The maximum Gasteiger partial charge on any atom is 0.313 e. The number of hydrogen-bond donors (Lipinski definition) is 0. The van der Waals surface area contributed by atoms with Gasteiger partial charge >= 0.3 is 5.97 Å². The molecule has 2 heteroatoms. The van der Waals surface area contributed by atoms with E-state index in [2.05, 4.69) is 45.0 Å². The molecule has 0 saturated heterocycles. The van der Waals surface area contributed by atoms with Gasteiger partial charge in [0.2, 0.25) is 0 Å². The first-order valence-corrected chi connectivity index (χ1v) is 7.80. The van der Waals surface area contributed by atoms with E-state index in [9.17, 15) is 4.79 Å². The number of rotatable bonds is 8. The van der Waals surface area contributed by atoms with Crippen LogP contribution in [-0.2, 0) is 16.0 Å². The van der Waals surface area contributed by atoms with Gasteiger partial charge in [-0.15, -0.1) is 0 Å². The van der Waals surface area contributed by atoms with Gasteiger partial charge in [-0.25, -0.2) is 0 Å². The molecule has 0 spiro atoms. The zero-order valence-corrected chi connectivity index (χ0v) is 13.3. The second-order valence-corrected chi connectivity index (χ2v) is 5.94. The van der Waals surface area contributed by atoms with Gasteiger partial charge in [-0.05, 0) is 36.8 Å². The molecular weight excluding hydrogens is 248 g/mol. The molecule has 0 aliphatic carbocycles. The first kappa shape index (κ1) is 16.7. The van der Waals surface area contributed by atoms with Crippen molar-refractivity contribution >= 4 is 5.97 Å². The number of unbranched alkanes of at least 4 members (excludes halogenated alkanes) is 2. The van der Waals surface area contributed by atoms with Crippen LogP contribution in [-0.4, -0.2) is 12.6 Å². The fourth-order valence-electron chi connectivity index (χ4n) is 2.20. The average molecular weight is 276 g/mol. The van der Waals surface area contributed by atoms with Crippen molar-refractivity contribution in [3.05, 3.63) is 35.4 Å². The molecule has 0 fully saturated rings. The zero-order chi connectivity index (χ0) is 15.0. The average Bonchev–Trinajstić information content (AvgIpc) is 2.43. The Balaban J connectivity index is 2.49. The molecule has 1 rings (SSSR count). The predicted molar refractivity (Wildman–Crippen MR) is 83.9 cm³/mol. The van der Waals surface area contributed by atoms with Crippen molar-refractivity contribution in [3.63, 3.8) is 0 Å². The van der Waals surface area contributed by atoms with Crippen molar-refractivity contribution in [3.8, 4) is 0 Å². The van der Waals surface area contributed by atoms with Crippen LogP contribution in [0.15, 0.2) is 24.3 Å². The smallest absolute Gasteiger partial charge is 0.313 e. The van der Waals surface area contributed by atoms with Crippen LogP contribution in [0.25, 0.3) is 0 Å². The SMILES string of the molecule is CCCCCOC(=O)[C@@H](C)c1ccc(CC(C)C)cc1. The molecular formula is C18H28O2. The fraction of sp³-hybridized carbons (Fsp3) is 0.611. The highest BCUT2D eigenvalue weighted by Crippen LogP contribution is 2.19. The second kappa shape index (κ2) is 8.78. The molecule has 0 N–H and O–H groups in total. The minimum Gasteiger partial charge on any atom is -0.465 e. The van der Waals surface area contributed by atoms with Crippen LogP contribution in [0.5, 0.6) is 0 Å². The van der Waals surface area contributed by atoms with Crippen LogP contribution < -0.4 is 0 Å². The minimum absolute atomic E-state index is 0.113. The van der Waals surface area contributed by atoms with Gasteiger partial charge in [0.1, 0.15) is 0 Å². The molecule has 0 unspecified atom stereocenters. The highest BCUT2D eigenvalue weighted by Gasteiger charge is 2.16. The van der Waals surface area contributed by atoms with E-state index in [4.69, 9.17) is 4.74 Å². The lowest BCUT2D eigenvalue weighted by Gasteiger charge is -2.13. The Bertz CT molecular complexity index is 392. The van der Waals surface area contributed by atoms with Gasteiger partial charge in [0.15, 0.2) is 0 Å². The predicted octanol–water partition coefficient (Wildman–Crippen LogP) is 4.72. The van der Waals surface area contributed by atoms with Crippen molar-refractivity contribution in [2.75, 3.05) is 6.61 Å². The van der Waals surface area contributed by atoms with Crippen molar-refractivity contribution in [2.45, 2.75) is 59.3 Å². The van der Waals surface area contributed by atoms with Crippen molar-refractivity contribution in [1.82, 2.24) is 0 Å². The Morgan fingerprint density at radius 3 is 2.30 bits per heavy atom. The van der Waals surface area contributed by atoms with Crippen LogP contribution >= 0.6 is 0 Å². The molecule has 0 bridgehead atoms. The van der Waals surface area contributed by atoms with Crippen LogP contribution in [0.3, 0.4) is 0 Å². The Morgan fingerprint density at radius 2 is 1.75 bits per heavy atom. The lowest BCUT2D eigenvalue weighted by atomic mass is 9.97. The molecule has 112 valence electrons. The number of benzene rings is 1. The molecule has 0 heterocycles. The summed E-state index contributed by atoms with van der Waals surface area (Å²) in [5, 5.41) is 0. The molecule has 0 saturated carbocycles. The van der Waals surface area contributed by atoms with E-state index in [0.29, 0.717) is 12.5 Å². The standard InChI is InChI=1S/C18H28O2/c1-5-6-7-12-20-18(19)15(4)17-10-8-16(9-11-17)13-14(2)3/h8-11,14-15H,5-7,12-13H2,1-4H3/t15-/m0/s1. The topological polar surface area (TPSA) is 26.3 Å². The Hall–Kier alpha value is -1.31. The van der Waals surface area contributed by atoms with Gasteiger partial charge in [0, 0.05) is 0 Å². The number of esters is 1. The monoisotopic (exact) mass is 276 g/mol. The summed E-state index contributed by atoms with van der Waals surface area (Å²) in [7, 11) is 0. The summed E-state index contributed by atoms with van der Waals surface area (Å²) in [6.45, 7) is 9.03. The van der Waals surface area contributed by atoms with Gasteiger partial charge in [-0.3, -0.25) is 4.79 Å². The third-order valence-corrected chi connectivity index (χ3v) is 3.47. The summed E-state index contributed by atoms with van der Waals surface area (Å²) < 4.78 is 5.32. The first-order valence-electron chi connectivity index (χ1n) is 7.80. The van der Waals surface area contributed by atoms with Crippen LogP contribution in [0.4, 0.5) is 0 Å². The van der Waals surface area contributed by atoms with Gasteiger partial charge < -0.3 is 4.74 Å². The van der Waals surface area contributed by atoms with Crippen molar-refractivity contribution in [1.29, 1.82) is 0 Å². The van der Waals surface area contributed by atoms with E-state index in [-0.39, 0.29) is 11.9 Å². The molecule has 0 aliphatic rings. The number of ether oxygens (including phenoxy) is 1. The van der Waals surface area contributed by atoms with Crippen LogP contribution in [0.2, 0.25) is 0 Å². The molecule has 0 aliphatic heterocycles. The summed E-state index contributed by atoms with van der Waals surface area (Å²) in [4.78, 5) is 11.9. The van der Waals surface area contributed by atoms with E-state index >= 15 is 0 Å². The maximum atomic E-state index is 11.9. The number of carbonyl (C=O) groups excluding carboxylic acids is 1. The minimum atomic E-state index is -0.176. The number of carbonyl (C=O) groups is 1. The fourth-order valence-corrected chi connectivity index (χ4v) is 2.20. The Labute approximate surface area is 123 Å². The summed E-state index contributed by atoms with van der Waals surface area (Å²) in [6.07, 6.45) is 4.30. The zero-order valence-electron chi connectivity index (χ0n) is 13.3. The summed E-state index contributed by atoms with van der Waals surface area (Å²) >= 11 is 0. The summed E-state index contributed by atoms with van der Waals surface area (Å²) in [5.41, 5.74) is 2.37. The maximum absolute atomic E-state index is 11.9. The summed E-state index contributed by atoms with van der Waals surface area (Å²) in [6, 6.07) is 8.34. The Morgan fingerprint density at radius 1 is 1.10 bits per heavy atom. The van der Waals surface area contributed by atoms with E-state index in [1.54, 1.807) is 0 Å². The van der Waals surface area contributed by atoms with E-state index in [0.717, 1.165) is 31.2 Å². The normalized spacial score (nSPS) is 12.4. The lowest BCUT2D eigenvalue weighted by molar-refractivity contribution is -0.145. The second-order valence-electron chi connectivity index (χ2n) is 5.94. The van der Waals surface area contributed by atoms with Crippen molar-refractivity contribution in [2.24, 2.45) is 5.92 Å². The van der Waals surface area contributed by atoms with E-state index in [1.807, 2.05) is 6.92 Å². The molecule has 0 amide bonds. The Kier molecular flexibility index (Phi) is 7.35. The van der Waals surface area contributed by atoms with E-state index < -0.39 is 0 Å². The van der Waals surface area contributed by atoms with Crippen LogP contribution in [0, 0.1) is 5.92 Å². The third-order valence-electron chi connectivity index (χ3n) is 3.47. The van der Waals surface area contributed by atoms with Gasteiger partial charge in [-0.2, -0.15) is 0 Å². The van der Waals surface area contributed by atoms with Crippen molar-refractivity contribution < 1.29 is 9.53 Å². The number of hydrogen-bond acceptors (Lipinski definition) is 2. The highest BCUT2D eigenvalue weighted by atomic mass is 16.5. The molecule has 1 aromatic rings. The van der Waals surface area contributed by atoms with Gasteiger partial charge in [0.25, 0.3) is 0 Å². The first-order chi connectivity index (χ1) is 9.54. The molecule has 1 atom stereocenters. The quantitative estimate of drug-likeness (QED) is 0.507.